The third kappa shape index (κ3) is 8.63. The Kier molecular flexibility index (Phi) is 9.62. The summed E-state index contributed by atoms with van der Waals surface area (Å²) in [5.41, 5.74) is 0. The number of hydrogen-bond donors (Lipinski definition) is 2. The van der Waals surface area contributed by atoms with E-state index in [1.165, 1.54) is 12.8 Å². The molecule has 0 aromatic heterocycles. The van der Waals surface area contributed by atoms with E-state index >= 15 is 0 Å². The molecule has 0 fully saturated rings. The maximum atomic E-state index is 5.13. The average Bonchev–Trinajstić information content (AvgIpc) is 2.18. The highest BCUT2D eigenvalue weighted by Crippen LogP contribution is 2.07. The molecule has 0 aliphatic heterocycles. The van der Waals surface area contributed by atoms with Gasteiger partial charge in [0.05, 0.1) is 0 Å². The summed E-state index contributed by atoms with van der Waals surface area (Å²) >= 11 is 7.02. The van der Waals surface area contributed by atoms with Crippen LogP contribution in [-0.2, 0) is 0 Å². The second kappa shape index (κ2) is 9.59. The lowest BCUT2D eigenvalue weighted by Gasteiger charge is -2.12. The van der Waals surface area contributed by atoms with Crippen molar-refractivity contribution < 1.29 is 0 Å². The molecule has 0 aliphatic carbocycles. The standard InChI is InChI=1S/C10H22N2S2/c1-4-5-7-11-10(13)12-8-6-9(2)14-3/h9H,4-8H2,1-3H3,(H2,11,12,13). The van der Waals surface area contributed by atoms with Gasteiger partial charge in [-0.05, 0) is 31.3 Å². The highest BCUT2D eigenvalue weighted by molar-refractivity contribution is 7.99. The van der Waals surface area contributed by atoms with Crippen molar-refractivity contribution in [1.29, 1.82) is 0 Å². The Morgan fingerprint density at radius 3 is 2.57 bits per heavy atom. The van der Waals surface area contributed by atoms with E-state index in [2.05, 4.69) is 30.7 Å². The van der Waals surface area contributed by atoms with Crippen LogP contribution in [0.15, 0.2) is 0 Å². The first-order valence-corrected chi connectivity index (χ1v) is 6.94. The van der Waals surface area contributed by atoms with E-state index in [9.17, 15) is 0 Å². The predicted octanol–water partition coefficient (Wildman–Crippen LogP) is 2.39. The number of thiocarbonyl (C=S) groups is 1. The minimum atomic E-state index is 0.709. The van der Waals surface area contributed by atoms with Crippen LogP contribution in [0, 0.1) is 0 Å². The maximum absolute atomic E-state index is 5.13. The van der Waals surface area contributed by atoms with E-state index in [4.69, 9.17) is 12.2 Å². The van der Waals surface area contributed by atoms with Gasteiger partial charge in [-0.15, -0.1) is 0 Å². The minimum Gasteiger partial charge on any atom is -0.363 e. The highest BCUT2D eigenvalue weighted by atomic mass is 32.2. The van der Waals surface area contributed by atoms with Crippen LogP contribution >= 0.6 is 24.0 Å². The van der Waals surface area contributed by atoms with Gasteiger partial charge in [-0.2, -0.15) is 11.8 Å². The van der Waals surface area contributed by atoms with Crippen molar-refractivity contribution in [3.05, 3.63) is 0 Å². The Labute approximate surface area is 97.6 Å². The molecule has 0 aromatic carbocycles. The quantitative estimate of drug-likeness (QED) is 0.522. The van der Waals surface area contributed by atoms with Crippen LogP contribution in [0.3, 0.4) is 0 Å². The van der Waals surface area contributed by atoms with Crippen LogP contribution in [0.1, 0.15) is 33.1 Å². The largest absolute Gasteiger partial charge is 0.363 e. The molecule has 0 radical (unpaired) electrons. The van der Waals surface area contributed by atoms with Crippen molar-refractivity contribution in [2.75, 3.05) is 19.3 Å². The summed E-state index contributed by atoms with van der Waals surface area (Å²) < 4.78 is 0. The van der Waals surface area contributed by atoms with E-state index in [1.807, 2.05) is 11.8 Å². The Morgan fingerprint density at radius 1 is 1.36 bits per heavy atom. The van der Waals surface area contributed by atoms with E-state index in [1.54, 1.807) is 0 Å². The molecule has 0 aromatic rings. The Balaban J connectivity index is 3.26. The zero-order valence-corrected chi connectivity index (χ0v) is 11.1. The topological polar surface area (TPSA) is 24.1 Å². The number of unbranched alkanes of at least 4 members (excludes halogenated alkanes) is 1. The third-order valence-corrected chi connectivity index (χ3v) is 3.38. The van der Waals surface area contributed by atoms with Crippen molar-refractivity contribution in [3.63, 3.8) is 0 Å². The normalized spacial score (nSPS) is 12.2. The average molecular weight is 234 g/mol. The summed E-state index contributed by atoms with van der Waals surface area (Å²) in [7, 11) is 0. The molecule has 1 unspecified atom stereocenters. The van der Waals surface area contributed by atoms with Crippen molar-refractivity contribution in [2.24, 2.45) is 0 Å². The summed E-state index contributed by atoms with van der Waals surface area (Å²) in [5, 5.41) is 7.91. The van der Waals surface area contributed by atoms with Gasteiger partial charge in [-0.3, -0.25) is 0 Å². The lowest BCUT2D eigenvalue weighted by Crippen LogP contribution is -2.36. The molecule has 0 aliphatic rings. The molecule has 0 saturated heterocycles. The van der Waals surface area contributed by atoms with Crippen molar-refractivity contribution in [2.45, 2.75) is 38.4 Å². The first kappa shape index (κ1) is 14.0. The fourth-order valence-corrected chi connectivity index (χ4v) is 1.51. The van der Waals surface area contributed by atoms with Gasteiger partial charge in [0.2, 0.25) is 0 Å². The highest BCUT2D eigenvalue weighted by Gasteiger charge is 1.99. The van der Waals surface area contributed by atoms with Gasteiger partial charge in [-0.1, -0.05) is 20.3 Å². The van der Waals surface area contributed by atoms with Gasteiger partial charge in [0.1, 0.15) is 0 Å². The maximum Gasteiger partial charge on any atom is 0.166 e. The van der Waals surface area contributed by atoms with E-state index in [-0.39, 0.29) is 0 Å². The Morgan fingerprint density at radius 2 is 2.00 bits per heavy atom. The number of nitrogens with one attached hydrogen (secondary N) is 2. The van der Waals surface area contributed by atoms with Gasteiger partial charge >= 0.3 is 0 Å². The molecule has 0 bridgehead atoms. The fourth-order valence-electron chi connectivity index (χ4n) is 0.948. The van der Waals surface area contributed by atoms with Gasteiger partial charge in [0.15, 0.2) is 5.11 Å². The molecule has 14 heavy (non-hydrogen) atoms. The van der Waals surface area contributed by atoms with Crippen molar-refractivity contribution in [3.8, 4) is 0 Å². The van der Waals surface area contributed by atoms with Crippen molar-refractivity contribution >= 4 is 29.1 Å². The van der Waals surface area contributed by atoms with Crippen LogP contribution < -0.4 is 10.6 Å². The van der Waals surface area contributed by atoms with Gasteiger partial charge < -0.3 is 10.6 Å². The Bertz CT molecular complexity index is 151. The van der Waals surface area contributed by atoms with Crippen LogP contribution in [0.4, 0.5) is 0 Å². The molecule has 4 heteroatoms. The summed E-state index contributed by atoms with van der Waals surface area (Å²) in [6.45, 7) is 6.37. The molecule has 2 nitrogen and oxygen atoms in total. The van der Waals surface area contributed by atoms with Crippen LogP contribution in [0.2, 0.25) is 0 Å². The molecule has 2 N–H and O–H groups in total. The van der Waals surface area contributed by atoms with Crippen LogP contribution in [-0.4, -0.2) is 29.7 Å². The molecule has 1 atom stereocenters. The molecular weight excluding hydrogens is 212 g/mol. The van der Waals surface area contributed by atoms with Crippen molar-refractivity contribution in [1.82, 2.24) is 10.6 Å². The van der Waals surface area contributed by atoms with Gasteiger partial charge in [0.25, 0.3) is 0 Å². The predicted molar refractivity (Wildman–Crippen MR) is 71.1 cm³/mol. The second-order valence-electron chi connectivity index (χ2n) is 3.37. The third-order valence-electron chi connectivity index (χ3n) is 2.05. The Hall–Kier alpha value is 0.0400. The zero-order valence-electron chi connectivity index (χ0n) is 9.43. The molecular formula is C10H22N2S2. The molecule has 0 rings (SSSR count). The summed E-state index contributed by atoms with van der Waals surface area (Å²) in [4.78, 5) is 0. The lowest BCUT2D eigenvalue weighted by molar-refractivity contribution is 0.720. The van der Waals surface area contributed by atoms with Crippen LogP contribution in [0.25, 0.3) is 0 Å². The zero-order chi connectivity index (χ0) is 10.8. The first-order valence-electron chi connectivity index (χ1n) is 5.25. The molecule has 0 saturated carbocycles. The lowest BCUT2D eigenvalue weighted by atomic mass is 10.3. The summed E-state index contributed by atoms with van der Waals surface area (Å²) in [5.74, 6) is 0. The summed E-state index contributed by atoms with van der Waals surface area (Å²) in [6.07, 6.45) is 5.70. The van der Waals surface area contributed by atoms with E-state index in [0.717, 1.165) is 24.6 Å². The number of thioether (sulfide) groups is 1. The SMILES string of the molecule is CCCCNC(=S)NCCC(C)SC. The molecule has 0 heterocycles. The molecule has 0 amide bonds. The van der Waals surface area contributed by atoms with E-state index < -0.39 is 0 Å². The number of rotatable bonds is 7. The van der Waals surface area contributed by atoms with Gasteiger partial charge in [-0.25, -0.2) is 0 Å². The van der Waals surface area contributed by atoms with E-state index in [0.29, 0.717) is 5.25 Å². The fraction of sp³-hybridized carbons (Fsp3) is 0.900. The molecule has 0 spiro atoms. The minimum absolute atomic E-state index is 0.709. The molecule has 84 valence electrons. The van der Waals surface area contributed by atoms with Gasteiger partial charge in [0, 0.05) is 18.3 Å². The second-order valence-corrected chi connectivity index (χ2v) is 5.06. The monoisotopic (exact) mass is 234 g/mol. The van der Waals surface area contributed by atoms with Crippen LogP contribution in [0.5, 0.6) is 0 Å². The first-order chi connectivity index (χ1) is 6.70. The smallest absolute Gasteiger partial charge is 0.166 e. The number of hydrogen-bond acceptors (Lipinski definition) is 2. The summed E-state index contributed by atoms with van der Waals surface area (Å²) in [6, 6.07) is 0.